The summed E-state index contributed by atoms with van der Waals surface area (Å²) in [5, 5.41) is 0. The van der Waals surface area contributed by atoms with E-state index in [0.717, 1.165) is 51.7 Å². The molecule has 2 amide bonds. The zero-order chi connectivity index (χ0) is 20.1. The number of hydrogen-bond donors (Lipinski definition) is 0. The summed E-state index contributed by atoms with van der Waals surface area (Å²) in [4.78, 5) is 29.8. The van der Waals surface area contributed by atoms with Crippen LogP contribution in [-0.4, -0.2) is 47.8 Å². The molecule has 0 aliphatic carbocycles. The molecule has 2 aromatic carbocycles. The van der Waals surface area contributed by atoms with Crippen LogP contribution in [-0.2, 0) is 11.2 Å². The topological polar surface area (TPSA) is 40.6 Å². The first-order valence-electron chi connectivity index (χ1n) is 10.9. The molecular formula is C25H30N2O2. The molecule has 2 fully saturated rings. The number of hydrogen-bond acceptors (Lipinski definition) is 2. The fourth-order valence-electron chi connectivity index (χ4n) is 4.69. The van der Waals surface area contributed by atoms with E-state index < -0.39 is 0 Å². The summed E-state index contributed by atoms with van der Waals surface area (Å²) in [5.74, 6) is 0.893. The SMILES string of the molecule is O=C(c1ccccc1)N1CCC[C@@H](C(=O)N2CCC(Cc3ccccc3)CC2)C1. The zero-order valence-corrected chi connectivity index (χ0v) is 17.0. The molecule has 2 aromatic rings. The van der Waals surface area contributed by atoms with Crippen LogP contribution in [0.1, 0.15) is 41.6 Å². The molecule has 2 heterocycles. The van der Waals surface area contributed by atoms with Crippen molar-refractivity contribution in [1.82, 2.24) is 9.80 Å². The number of likely N-dealkylation sites (tertiary alicyclic amines) is 2. The van der Waals surface area contributed by atoms with Crippen LogP contribution in [0.15, 0.2) is 60.7 Å². The number of carbonyl (C=O) groups is 2. The van der Waals surface area contributed by atoms with Gasteiger partial charge in [0.05, 0.1) is 5.92 Å². The fraction of sp³-hybridized carbons (Fsp3) is 0.440. The Bertz CT molecular complexity index is 813. The van der Waals surface area contributed by atoms with Crippen molar-refractivity contribution >= 4 is 11.8 Å². The third-order valence-electron chi connectivity index (χ3n) is 6.37. The summed E-state index contributed by atoms with van der Waals surface area (Å²) >= 11 is 0. The summed E-state index contributed by atoms with van der Waals surface area (Å²) < 4.78 is 0. The van der Waals surface area contributed by atoms with E-state index in [0.29, 0.717) is 18.0 Å². The van der Waals surface area contributed by atoms with E-state index in [9.17, 15) is 9.59 Å². The van der Waals surface area contributed by atoms with Gasteiger partial charge in [-0.25, -0.2) is 0 Å². The molecule has 29 heavy (non-hydrogen) atoms. The van der Waals surface area contributed by atoms with Gasteiger partial charge in [-0.15, -0.1) is 0 Å². The van der Waals surface area contributed by atoms with Gasteiger partial charge in [-0.05, 0) is 55.7 Å². The van der Waals surface area contributed by atoms with Crippen molar-refractivity contribution < 1.29 is 9.59 Å². The number of carbonyl (C=O) groups excluding carboxylic acids is 2. The monoisotopic (exact) mass is 390 g/mol. The molecule has 0 aromatic heterocycles. The van der Waals surface area contributed by atoms with Crippen LogP contribution in [0, 0.1) is 11.8 Å². The Hall–Kier alpha value is -2.62. The molecule has 0 N–H and O–H groups in total. The largest absolute Gasteiger partial charge is 0.342 e. The highest BCUT2D eigenvalue weighted by Gasteiger charge is 2.33. The second-order valence-corrected chi connectivity index (χ2v) is 8.41. The van der Waals surface area contributed by atoms with Crippen molar-refractivity contribution in [2.75, 3.05) is 26.2 Å². The van der Waals surface area contributed by atoms with Crippen molar-refractivity contribution in [3.8, 4) is 0 Å². The number of piperidine rings is 2. The lowest BCUT2D eigenvalue weighted by Crippen LogP contribution is -2.48. The van der Waals surface area contributed by atoms with E-state index in [4.69, 9.17) is 0 Å². The molecule has 2 saturated heterocycles. The molecule has 4 heteroatoms. The lowest BCUT2D eigenvalue weighted by Gasteiger charge is -2.38. The Kier molecular flexibility index (Phi) is 6.28. The van der Waals surface area contributed by atoms with Gasteiger partial charge >= 0.3 is 0 Å². The summed E-state index contributed by atoms with van der Waals surface area (Å²) in [7, 11) is 0. The Labute approximate surface area is 173 Å². The third kappa shape index (κ3) is 4.87. The van der Waals surface area contributed by atoms with Crippen molar-refractivity contribution in [2.45, 2.75) is 32.1 Å². The van der Waals surface area contributed by atoms with Crippen LogP contribution >= 0.6 is 0 Å². The average Bonchev–Trinajstić information content (AvgIpc) is 2.80. The Morgan fingerprint density at radius 2 is 1.45 bits per heavy atom. The Balaban J connectivity index is 1.30. The van der Waals surface area contributed by atoms with Gasteiger partial charge in [0.15, 0.2) is 0 Å². The fourth-order valence-corrected chi connectivity index (χ4v) is 4.69. The van der Waals surface area contributed by atoms with Gasteiger partial charge in [0.25, 0.3) is 5.91 Å². The van der Waals surface area contributed by atoms with Crippen molar-refractivity contribution in [1.29, 1.82) is 0 Å². The highest BCUT2D eigenvalue weighted by molar-refractivity contribution is 5.94. The Morgan fingerprint density at radius 1 is 0.793 bits per heavy atom. The van der Waals surface area contributed by atoms with Crippen molar-refractivity contribution in [3.63, 3.8) is 0 Å². The van der Waals surface area contributed by atoms with Crippen LogP contribution in [0.5, 0.6) is 0 Å². The lowest BCUT2D eigenvalue weighted by atomic mass is 9.89. The van der Waals surface area contributed by atoms with Gasteiger partial charge in [0.1, 0.15) is 0 Å². The molecule has 0 unspecified atom stereocenters. The molecule has 1 atom stereocenters. The summed E-state index contributed by atoms with van der Waals surface area (Å²) in [6.45, 7) is 2.99. The normalized spacial score (nSPS) is 20.5. The molecule has 2 aliphatic rings. The van der Waals surface area contributed by atoms with Crippen LogP contribution in [0.4, 0.5) is 0 Å². The maximum Gasteiger partial charge on any atom is 0.253 e. The van der Waals surface area contributed by atoms with Gasteiger partial charge in [-0.3, -0.25) is 9.59 Å². The van der Waals surface area contributed by atoms with Crippen LogP contribution in [0.2, 0.25) is 0 Å². The van der Waals surface area contributed by atoms with Crippen molar-refractivity contribution in [3.05, 3.63) is 71.8 Å². The zero-order valence-electron chi connectivity index (χ0n) is 17.0. The molecule has 4 nitrogen and oxygen atoms in total. The van der Waals surface area contributed by atoms with Gasteiger partial charge in [0.2, 0.25) is 5.91 Å². The molecule has 0 radical (unpaired) electrons. The highest BCUT2D eigenvalue weighted by atomic mass is 16.2. The molecule has 2 aliphatic heterocycles. The molecule has 4 rings (SSSR count). The average molecular weight is 391 g/mol. The second kappa shape index (κ2) is 9.25. The van der Waals surface area contributed by atoms with Crippen LogP contribution in [0.3, 0.4) is 0 Å². The first kappa shape index (κ1) is 19.7. The number of nitrogens with zero attached hydrogens (tertiary/aromatic N) is 2. The first-order chi connectivity index (χ1) is 14.2. The summed E-state index contributed by atoms with van der Waals surface area (Å²) in [6.07, 6.45) is 5.03. The standard InChI is InChI=1S/C25H30N2O2/c28-24(22-10-5-2-6-11-22)27-15-7-12-23(19-27)25(29)26-16-13-21(14-17-26)18-20-8-3-1-4-9-20/h1-6,8-11,21,23H,7,12-19H2/t23-/m1/s1. The maximum atomic E-state index is 13.1. The van der Waals surface area contributed by atoms with E-state index in [2.05, 4.69) is 30.3 Å². The number of benzene rings is 2. The number of amides is 2. The van der Waals surface area contributed by atoms with Crippen LogP contribution in [0.25, 0.3) is 0 Å². The molecule has 0 bridgehead atoms. The number of rotatable bonds is 4. The van der Waals surface area contributed by atoms with E-state index in [1.54, 1.807) is 0 Å². The molecule has 0 spiro atoms. The maximum absolute atomic E-state index is 13.1. The smallest absolute Gasteiger partial charge is 0.253 e. The quantitative estimate of drug-likeness (QED) is 0.791. The molecular weight excluding hydrogens is 360 g/mol. The minimum absolute atomic E-state index is 0.0460. The highest BCUT2D eigenvalue weighted by Crippen LogP contribution is 2.26. The van der Waals surface area contributed by atoms with Gasteiger partial charge in [-0.2, -0.15) is 0 Å². The van der Waals surface area contributed by atoms with E-state index in [-0.39, 0.29) is 17.7 Å². The molecule has 152 valence electrons. The predicted molar refractivity (Wildman–Crippen MR) is 115 cm³/mol. The van der Waals surface area contributed by atoms with Crippen LogP contribution < -0.4 is 0 Å². The third-order valence-corrected chi connectivity index (χ3v) is 6.37. The molecule has 0 saturated carbocycles. The first-order valence-corrected chi connectivity index (χ1v) is 10.9. The van der Waals surface area contributed by atoms with Gasteiger partial charge in [0, 0.05) is 31.7 Å². The van der Waals surface area contributed by atoms with Gasteiger partial charge < -0.3 is 9.80 Å². The lowest BCUT2D eigenvalue weighted by molar-refractivity contribution is -0.138. The minimum atomic E-state index is -0.0536. The van der Waals surface area contributed by atoms with E-state index in [1.807, 2.05) is 40.1 Å². The van der Waals surface area contributed by atoms with E-state index >= 15 is 0 Å². The summed E-state index contributed by atoms with van der Waals surface area (Å²) in [6, 6.07) is 20.0. The predicted octanol–water partition coefficient (Wildman–Crippen LogP) is 4.02. The van der Waals surface area contributed by atoms with Gasteiger partial charge in [-0.1, -0.05) is 48.5 Å². The summed E-state index contributed by atoms with van der Waals surface area (Å²) in [5.41, 5.74) is 2.10. The van der Waals surface area contributed by atoms with E-state index in [1.165, 1.54) is 5.56 Å². The van der Waals surface area contributed by atoms with Crippen molar-refractivity contribution in [2.24, 2.45) is 11.8 Å². The Morgan fingerprint density at radius 3 is 2.14 bits per heavy atom. The second-order valence-electron chi connectivity index (χ2n) is 8.41. The minimum Gasteiger partial charge on any atom is -0.342 e.